The molecule has 0 aromatic heterocycles. The van der Waals surface area contributed by atoms with E-state index in [-0.39, 0.29) is 5.91 Å². The van der Waals surface area contributed by atoms with Crippen LogP contribution in [0.25, 0.3) is 0 Å². The van der Waals surface area contributed by atoms with E-state index in [2.05, 4.69) is 4.99 Å². The maximum absolute atomic E-state index is 11.8. The molecule has 1 fully saturated rings. The third-order valence-corrected chi connectivity index (χ3v) is 3.49. The molecule has 2 N–H and O–H groups in total. The lowest BCUT2D eigenvalue weighted by molar-refractivity contribution is 0.0827. The molecule has 1 aliphatic rings. The summed E-state index contributed by atoms with van der Waals surface area (Å²) in [6, 6.07) is 8.07. The maximum Gasteiger partial charge on any atom is 0.253 e. The Kier molecular flexibility index (Phi) is 4.27. The lowest BCUT2D eigenvalue weighted by atomic mass is 10.1. The zero-order valence-electron chi connectivity index (χ0n) is 12.3. The summed E-state index contributed by atoms with van der Waals surface area (Å²) in [4.78, 5) is 19.8. The zero-order chi connectivity index (χ0) is 14.7. The fourth-order valence-corrected chi connectivity index (χ4v) is 1.94. The van der Waals surface area contributed by atoms with Crippen molar-refractivity contribution in [3.8, 4) is 0 Å². The van der Waals surface area contributed by atoms with E-state index in [1.165, 1.54) is 12.8 Å². The Hall–Kier alpha value is -2.04. The Bertz CT molecular complexity index is 503. The highest BCUT2D eigenvalue weighted by molar-refractivity contribution is 5.93. The Balaban J connectivity index is 1.96. The number of nitrogens with zero attached hydrogens (tertiary/aromatic N) is 3. The van der Waals surface area contributed by atoms with E-state index in [1.807, 2.05) is 36.2 Å². The number of carbonyl (C=O) groups excluding carboxylic acids is 1. The summed E-state index contributed by atoms with van der Waals surface area (Å²) >= 11 is 0. The van der Waals surface area contributed by atoms with Crippen LogP contribution >= 0.6 is 0 Å². The second-order valence-electron chi connectivity index (χ2n) is 5.41. The molecule has 0 spiro atoms. The van der Waals surface area contributed by atoms with Crippen molar-refractivity contribution in [1.82, 2.24) is 9.80 Å². The van der Waals surface area contributed by atoms with Gasteiger partial charge in [0.1, 0.15) is 0 Å². The summed E-state index contributed by atoms with van der Waals surface area (Å²) in [5, 5.41) is 0. The van der Waals surface area contributed by atoms with Crippen molar-refractivity contribution in [3.63, 3.8) is 0 Å². The first-order valence-electron chi connectivity index (χ1n) is 6.82. The van der Waals surface area contributed by atoms with Crippen molar-refractivity contribution in [2.75, 3.05) is 21.1 Å². The topological polar surface area (TPSA) is 61.9 Å². The Morgan fingerprint density at radius 3 is 2.35 bits per heavy atom. The van der Waals surface area contributed by atoms with Gasteiger partial charge in [-0.3, -0.25) is 4.79 Å². The number of amides is 1. The minimum atomic E-state index is 0.00744. The van der Waals surface area contributed by atoms with Gasteiger partial charge >= 0.3 is 0 Å². The first-order chi connectivity index (χ1) is 9.49. The normalized spacial score (nSPS) is 15.1. The first-order valence-corrected chi connectivity index (χ1v) is 6.82. The van der Waals surface area contributed by atoms with Crippen molar-refractivity contribution in [3.05, 3.63) is 35.4 Å². The van der Waals surface area contributed by atoms with E-state index < -0.39 is 0 Å². The summed E-state index contributed by atoms with van der Waals surface area (Å²) < 4.78 is 0. The monoisotopic (exact) mass is 274 g/mol. The molecule has 1 amide bonds. The average Bonchev–Trinajstić information content (AvgIpc) is 3.28. The first kappa shape index (κ1) is 14.4. The van der Waals surface area contributed by atoms with E-state index in [4.69, 9.17) is 5.73 Å². The molecule has 1 aliphatic carbocycles. The molecule has 0 bridgehead atoms. The molecular weight excluding hydrogens is 252 g/mol. The van der Waals surface area contributed by atoms with Gasteiger partial charge in [0.25, 0.3) is 5.91 Å². The highest BCUT2D eigenvalue weighted by Gasteiger charge is 2.27. The Morgan fingerprint density at radius 2 is 1.85 bits per heavy atom. The summed E-state index contributed by atoms with van der Waals surface area (Å²) in [6.07, 6.45) is 2.40. The van der Waals surface area contributed by atoms with Crippen LogP contribution in [-0.4, -0.2) is 48.9 Å². The van der Waals surface area contributed by atoms with Crippen molar-refractivity contribution < 1.29 is 4.79 Å². The molecule has 2 rings (SSSR count). The molecule has 0 radical (unpaired) electrons. The number of aliphatic imine (C=N–C) groups is 1. The van der Waals surface area contributed by atoms with Gasteiger partial charge in [-0.25, -0.2) is 4.99 Å². The standard InChI is InChI=1S/C15H22N4O/c1-18(2)14(20)12-6-4-11(5-7-12)10-17-15(16)19(3)13-8-9-13/h4-7,13H,8-10H2,1-3H3,(H2,16,17). The van der Waals surface area contributed by atoms with Crippen LogP contribution in [0.4, 0.5) is 0 Å². The molecule has 0 saturated heterocycles. The number of rotatable bonds is 4. The molecule has 1 saturated carbocycles. The van der Waals surface area contributed by atoms with Gasteiger partial charge in [-0.15, -0.1) is 0 Å². The molecule has 1 aromatic rings. The molecule has 0 atom stereocenters. The second kappa shape index (κ2) is 5.94. The number of carbonyl (C=O) groups is 1. The Morgan fingerprint density at radius 1 is 1.25 bits per heavy atom. The van der Waals surface area contributed by atoms with E-state index in [9.17, 15) is 4.79 Å². The molecule has 5 nitrogen and oxygen atoms in total. The van der Waals surface area contributed by atoms with E-state index in [1.54, 1.807) is 19.0 Å². The number of guanidine groups is 1. The van der Waals surface area contributed by atoms with Crippen molar-refractivity contribution in [2.24, 2.45) is 10.7 Å². The van der Waals surface area contributed by atoms with Crippen LogP contribution < -0.4 is 5.73 Å². The second-order valence-corrected chi connectivity index (χ2v) is 5.41. The number of benzene rings is 1. The van der Waals surface area contributed by atoms with Gasteiger partial charge in [0.15, 0.2) is 5.96 Å². The molecule has 108 valence electrons. The third-order valence-electron chi connectivity index (χ3n) is 3.49. The predicted octanol–water partition coefficient (Wildman–Crippen LogP) is 1.30. The maximum atomic E-state index is 11.8. The molecule has 5 heteroatoms. The zero-order valence-corrected chi connectivity index (χ0v) is 12.3. The molecule has 0 heterocycles. The third kappa shape index (κ3) is 3.50. The number of nitrogens with two attached hydrogens (primary N) is 1. The summed E-state index contributed by atoms with van der Waals surface area (Å²) in [5.41, 5.74) is 7.67. The summed E-state index contributed by atoms with van der Waals surface area (Å²) in [6.45, 7) is 0.541. The Labute approximate surface area is 120 Å². The SMILES string of the molecule is CN(C)C(=O)c1ccc(CN=C(N)N(C)C2CC2)cc1. The minimum Gasteiger partial charge on any atom is -0.370 e. The molecular formula is C15H22N4O. The largest absolute Gasteiger partial charge is 0.370 e. The van der Waals surface area contributed by atoms with Gasteiger partial charge in [0, 0.05) is 32.7 Å². The van der Waals surface area contributed by atoms with Crippen LogP contribution in [0, 0.1) is 0 Å². The van der Waals surface area contributed by atoms with E-state index in [0.29, 0.717) is 24.1 Å². The molecule has 0 aliphatic heterocycles. The molecule has 1 aromatic carbocycles. The highest BCUT2D eigenvalue weighted by Crippen LogP contribution is 2.24. The van der Waals surface area contributed by atoms with E-state index >= 15 is 0 Å². The van der Waals surface area contributed by atoms with Gasteiger partial charge in [0.05, 0.1) is 6.54 Å². The van der Waals surface area contributed by atoms with Crippen LogP contribution in [0.5, 0.6) is 0 Å². The predicted molar refractivity (Wildman–Crippen MR) is 80.6 cm³/mol. The van der Waals surface area contributed by atoms with Gasteiger partial charge < -0.3 is 15.5 Å². The van der Waals surface area contributed by atoms with Crippen molar-refractivity contribution in [2.45, 2.75) is 25.4 Å². The van der Waals surface area contributed by atoms with Crippen LogP contribution in [-0.2, 0) is 6.54 Å². The van der Waals surface area contributed by atoms with Crippen LogP contribution in [0.1, 0.15) is 28.8 Å². The number of hydrogen-bond donors (Lipinski definition) is 1. The van der Waals surface area contributed by atoms with Gasteiger partial charge in [-0.1, -0.05) is 12.1 Å². The van der Waals surface area contributed by atoms with Crippen LogP contribution in [0.2, 0.25) is 0 Å². The smallest absolute Gasteiger partial charge is 0.253 e. The minimum absolute atomic E-state index is 0.00744. The van der Waals surface area contributed by atoms with Crippen molar-refractivity contribution in [1.29, 1.82) is 0 Å². The van der Waals surface area contributed by atoms with Gasteiger partial charge in [0.2, 0.25) is 0 Å². The fourth-order valence-electron chi connectivity index (χ4n) is 1.94. The molecule has 0 unspecified atom stereocenters. The van der Waals surface area contributed by atoms with Crippen molar-refractivity contribution >= 4 is 11.9 Å². The summed E-state index contributed by atoms with van der Waals surface area (Å²) in [5.74, 6) is 0.592. The van der Waals surface area contributed by atoms with Crippen LogP contribution in [0.3, 0.4) is 0 Å². The van der Waals surface area contributed by atoms with Gasteiger partial charge in [-0.2, -0.15) is 0 Å². The number of hydrogen-bond acceptors (Lipinski definition) is 2. The van der Waals surface area contributed by atoms with E-state index in [0.717, 1.165) is 5.56 Å². The summed E-state index contributed by atoms with van der Waals surface area (Å²) in [7, 11) is 5.47. The lowest BCUT2D eigenvalue weighted by Gasteiger charge is -2.16. The lowest BCUT2D eigenvalue weighted by Crippen LogP contribution is -2.35. The quantitative estimate of drug-likeness (QED) is 0.665. The fraction of sp³-hybridized carbons (Fsp3) is 0.467. The van der Waals surface area contributed by atoms with Gasteiger partial charge in [-0.05, 0) is 30.5 Å². The van der Waals surface area contributed by atoms with Crippen LogP contribution in [0.15, 0.2) is 29.3 Å². The molecule has 20 heavy (non-hydrogen) atoms. The average molecular weight is 274 g/mol. The highest BCUT2D eigenvalue weighted by atomic mass is 16.2.